The van der Waals surface area contributed by atoms with E-state index in [1.54, 1.807) is 19.9 Å². The summed E-state index contributed by atoms with van der Waals surface area (Å²) in [4.78, 5) is 14.0. The summed E-state index contributed by atoms with van der Waals surface area (Å²) in [6.45, 7) is 4.91. The first-order chi connectivity index (χ1) is 17.2. The van der Waals surface area contributed by atoms with Gasteiger partial charge in [-0.05, 0) is 81.0 Å². The second kappa shape index (κ2) is 13.7. The van der Waals surface area contributed by atoms with Gasteiger partial charge in [0.2, 0.25) is 0 Å². The van der Waals surface area contributed by atoms with E-state index < -0.39 is 29.8 Å². The lowest BCUT2D eigenvalue weighted by atomic mass is 9.98. The smallest absolute Gasteiger partial charge is 0.306 e. The van der Waals surface area contributed by atoms with E-state index in [0.29, 0.717) is 22.2 Å². The van der Waals surface area contributed by atoms with Crippen LogP contribution in [0.1, 0.15) is 55.9 Å². The summed E-state index contributed by atoms with van der Waals surface area (Å²) in [5.41, 5.74) is 1.62. The molecule has 0 aliphatic carbocycles. The maximum atomic E-state index is 14.5. The van der Waals surface area contributed by atoms with Crippen molar-refractivity contribution in [2.24, 2.45) is 0 Å². The molecule has 2 aromatic rings. The largest absolute Gasteiger partial charge is 0.466 e. The van der Waals surface area contributed by atoms with Crippen molar-refractivity contribution in [2.45, 2.75) is 64.2 Å². The van der Waals surface area contributed by atoms with Crippen LogP contribution in [0.4, 0.5) is 8.78 Å². The van der Waals surface area contributed by atoms with Crippen LogP contribution in [0.3, 0.4) is 0 Å². The van der Waals surface area contributed by atoms with Crippen LogP contribution in [0.25, 0.3) is 0 Å². The van der Waals surface area contributed by atoms with Gasteiger partial charge in [0.15, 0.2) is 0 Å². The van der Waals surface area contributed by atoms with Crippen LogP contribution in [0.2, 0.25) is 10.0 Å². The van der Waals surface area contributed by atoms with Crippen molar-refractivity contribution in [2.75, 3.05) is 26.3 Å². The summed E-state index contributed by atoms with van der Waals surface area (Å²) in [5.74, 6) is -1.90. The predicted molar refractivity (Wildman–Crippen MR) is 136 cm³/mol. The minimum Gasteiger partial charge on any atom is -0.466 e. The van der Waals surface area contributed by atoms with Gasteiger partial charge in [0.25, 0.3) is 0 Å². The molecule has 1 N–H and O–H groups in total. The molecule has 1 fully saturated rings. The topological polar surface area (TPSA) is 59.0 Å². The number of carbonyl (C=O) groups excluding carboxylic acids is 1. The third-order valence-electron chi connectivity index (χ3n) is 6.46. The van der Waals surface area contributed by atoms with Gasteiger partial charge in [-0.3, -0.25) is 9.69 Å². The maximum absolute atomic E-state index is 14.5. The van der Waals surface area contributed by atoms with E-state index >= 15 is 0 Å². The zero-order valence-corrected chi connectivity index (χ0v) is 22.1. The first-order valence-corrected chi connectivity index (χ1v) is 13.0. The van der Waals surface area contributed by atoms with E-state index in [1.165, 1.54) is 6.07 Å². The first-order valence-electron chi connectivity index (χ1n) is 12.3. The average Bonchev–Trinajstić information content (AvgIpc) is 3.25. The molecule has 1 saturated heterocycles. The summed E-state index contributed by atoms with van der Waals surface area (Å²) in [6, 6.07) is 7.91. The lowest BCUT2D eigenvalue weighted by molar-refractivity contribution is -0.143. The maximum Gasteiger partial charge on any atom is 0.306 e. The molecule has 9 heteroatoms. The van der Waals surface area contributed by atoms with Gasteiger partial charge >= 0.3 is 5.97 Å². The number of rotatable bonds is 12. The molecule has 0 bridgehead atoms. The minimum absolute atomic E-state index is 0.00656. The molecule has 0 radical (unpaired) electrons. The Hall–Kier alpha value is -1.77. The zero-order valence-electron chi connectivity index (χ0n) is 20.6. The van der Waals surface area contributed by atoms with E-state index in [2.05, 4.69) is 4.90 Å². The second-order valence-corrected chi connectivity index (χ2v) is 9.95. The van der Waals surface area contributed by atoms with Crippen LogP contribution >= 0.6 is 23.2 Å². The summed E-state index contributed by atoms with van der Waals surface area (Å²) in [7, 11) is 0. The minimum atomic E-state index is -0.775. The van der Waals surface area contributed by atoms with E-state index in [9.17, 15) is 18.7 Å². The Morgan fingerprint density at radius 1 is 1.22 bits per heavy atom. The van der Waals surface area contributed by atoms with Gasteiger partial charge in [0.05, 0.1) is 35.5 Å². The summed E-state index contributed by atoms with van der Waals surface area (Å²) < 4.78 is 39.2. The molecule has 3 atom stereocenters. The van der Waals surface area contributed by atoms with Crippen molar-refractivity contribution in [3.8, 4) is 0 Å². The Morgan fingerprint density at radius 3 is 2.72 bits per heavy atom. The van der Waals surface area contributed by atoms with Gasteiger partial charge in [-0.25, -0.2) is 8.78 Å². The summed E-state index contributed by atoms with van der Waals surface area (Å²) in [5, 5.41) is 11.7. The number of halogens is 4. The van der Waals surface area contributed by atoms with Crippen molar-refractivity contribution in [1.82, 2.24) is 4.90 Å². The molecule has 0 aromatic heterocycles. The fraction of sp³-hybridized carbons (Fsp3) is 0.519. The average molecular weight is 544 g/mol. The lowest BCUT2D eigenvalue weighted by Gasteiger charge is -2.28. The molecule has 0 unspecified atom stereocenters. The highest BCUT2D eigenvalue weighted by Crippen LogP contribution is 2.28. The molecular formula is C27H33Cl2F2NO4. The molecule has 5 nitrogen and oxygen atoms in total. The SMILES string of the molecule is CCOC(=O)CCc1c(F)cc(F)cc1[C@@H](C)OC[C@H](O)CN1CCC[C@H]1Cc1ccc(Cl)c(Cl)c1. The van der Waals surface area contributed by atoms with E-state index in [1.807, 2.05) is 12.1 Å². The summed E-state index contributed by atoms with van der Waals surface area (Å²) in [6.07, 6.45) is 1.44. The van der Waals surface area contributed by atoms with E-state index in [-0.39, 0.29) is 37.7 Å². The molecule has 3 rings (SSSR count). The number of hydrogen-bond donors (Lipinski definition) is 1. The van der Waals surface area contributed by atoms with Crippen LogP contribution in [0.5, 0.6) is 0 Å². The Kier molecular flexibility index (Phi) is 10.9. The van der Waals surface area contributed by atoms with Gasteiger partial charge in [0, 0.05) is 25.1 Å². The highest BCUT2D eigenvalue weighted by molar-refractivity contribution is 6.42. The molecule has 198 valence electrons. The van der Waals surface area contributed by atoms with Gasteiger partial charge in [-0.15, -0.1) is 0 Å². The van der Waals surface area contributed by atoms with Gasteiger partial charge in [0.1, 0.15) is 11.6 Å². The van der Waals surface area contributed by atoms with Gasteiger partial charge in [-0.2, -0.15) is 0 Å². The third kappa shape index (κ3) is 8.12. The molecule has 0 spiro atoms. The Balaban J connectivity index is 1.57. The molecule has 1 aliphatic rings. The van der Waals surface area contributed by atoms with Crippen molar-refractivity contribution in [3.05, 3.63) is 68.7 Å². The quantitative estimate of drug-likeness (QED) is 0.337. The number of likely N-dealkylation sites (tertiary alicyclic amines) is 1. The zero-order chi connectivity index (χ0) is 26.2. The summed E-state index contributed by atoms with van der Waals surface area (Å²) >= 11 is 12.2. The van der Waals surface area contributed by atoms with E-state index in [0.717, 1.165) is 37.4 Å². The van der Waals surface area contributed by atoms with Crippen molar-refractivity contribution >= 4 is 29.2 Å². The van der Waals surface area contributed by atoms with E-state index in [4.69, 9.17) is 32.7 Å². The molecule has 2 aromatic carbocycles. The number of nitrogens with zero attached hydrogens (tertiary/aromatic N) is 1. The standard InChI is InChI=1S/C27H33Cl2F2NO4/c1-3-35-27(34)9-7-22-23(13-19(30)14-26(22)31)17(2)36-16-21(33)15-32-10-4-5-20(32)11-18-6-8-24(28)25(29)12-18/h6,8,12-14,17,20-21,33H,3-5,7,9-11,15-16H2,1-2H3/t17-,20+,21-/m1/s1. The predicted octanol–water partition coefficient (Wildman–Crippen LogP) is 5.91. The van der Waals surface area contributed by atoms with Gasteiger partial charge in [-0.1, -0.05) is 29.3 Å². The number of esters is 1. The molecule has 0 saturated carbocycles. The normalized spacial score (nSPS) is 17.8. The first kappa shape index (κ1) is 28.8. The molecular weight excluding hydrogens is 511 g/mol. The highest BCUT2D eigenvalue weighted by atomic mass is 35.5. The second-order valence-electron chi connectivity index (χ2n) is 9.13. The number of aliphatic hydroxyl groups is 1. The number of benzene rings is 2. The highest BCUT2D eigenvalue weighted by Gasteiger charge is 2.27. The van der Waals surface area contributed by atoms with Crippen molar-refractivity contribution in [1.29, 1.82) is 0 Å². The van der Waals surface area contributed by atoms with Crippen LogP contribution in [0.15, 0.2) is 30.3 Å². The molecule has 36 heavy (non-hydrogen) atoms. The monoisotopic (exact) mass is 543 g/mol. The Morgan fingerprint density at radius 2 is 2.00 bits per heavy atom. The molecule has 0 amide bonds. The Bertz CT molecular complexity index is 1040. The Labute approximate surface area is 221 Å². The van der Waals surface area contributed by atoms with Crippen molar-refractivity contribution in [3.63, 3.8) is 0 Å². The molecule has 1 heterocycles. The number of ether oxygens (including phenoxy) is 2. The third-order valence-corrected chi connectivity index (χ3v) is 7.19. The van der Waals surface area contributed by atoms with Crippen molar-refractivity contribution < 1.29 is 28.2 Å². The van der Waals surface area contributed by atoms with Gasteiger partial charge < -0.3 is 14.6 Å². The van der Waals surface area contributed by atoms with Crippen LogP contribution in [-0.4, -0.2) is 54.4 Å². The van der Waals surface area contributed by atoms with Crippen LogP contribution in [-0.2, 0) is 27.1 Å². The number of β-amino-alcohol motifs (C(OH)–C–C–N with tert-alkyl or cyclic N) is 1. The fourth-order valence-electron chi connectivity index (χ4n) is 4.68. The van der Waals surface area contributed by atoms with Crippen LogP contribution in [0, 0.1) is 11.6 Å². The number of aliphatic hydroxyl groups excluding tert-OH is 1. The fourth-order valence-corrected chi connectivity index (χ4v) is 5.00. The number of hydrogen-bond acceptors (Lipinski definition) is 5. The lowest BCUT2D eigenvalue weighted by Crippen LogP contribution is -2.39. The molecule has 1 aliphatic heterocycles. The number of carbonyl (C=O) groups is 1. The van der Waals surface area contributed by atoms with Crippen LogP contribution < -0.4 is 0 Å².